The standard InChI is InChI=1S/C19H21N5O3S3/c1-12(13-4-8-15(9-5-13)30(20,26)27)21-17(25)11-29-19-23-22-18(16-3-2-10-28-16)24(19)14-6-7-14/h2-5,8-10,12,14H,6-7,11H2,1H3,(H,21,25)(H2,20,26,27)/t12-/m1/s1. The smallest absolute Gasteiger partial charge is 0.238 e. The number of hydrogen-bond acceptors (Lipinski definition) is 7. The summed E-state index contributed by atoms with van der Waals surface area (Å²) in [6.07, 6.45) is 2.20. The molecule has 0 aliphatic heterocycles. The SMILES string of the molecule is C[C@@H](NC(=O)CSc1nnc(-c2cccs2)n1C1CC1)c1ccc(S(N)(=O)=O)cc1. The number of carbonyl (C=O) groups excluding carboxylic acids is 1. The predicted molar refractivity (Wildman–Crippen MR) is 117 cm³/mol. The van der Waals surface area contributed by atoms with Crippen LogP contribution < -0.4 is 10.5 Å². The van der Waals surface area contributed by atoms with Crippen LogP contribution in [0.2, 0.25) is 0 Å². The Bertz CT molecular complexity index is 1140. The lowest BCUT2D eigenvalue weighted by Crippen LogP contribution is -2.28. The first-order chi connectivity index (χ1) is 14.3. The molecule has 4 rings (SSSR count). The number of nitrogens with two attached hydrogens (primary N) is 1. The van der Waals surface area contributed by atoms with E-state index in [1.165, 1.54) is 23.9 Å². The summed E-state index contributed by atoms with van der Waals surface area (Å²) < 4.78 is 24.9. The number of hydrogen-bond donors (Lipinski definition) is 2. The number of nitrogens with zero attached hydrogens (tertiary/aromatic N) is 3. The number of thioether (sulfide) groups is 1. The van der Waals surface area contributed by atoms with E-state index in [9.17, 15) is 13.2 Å². The molecule has 1 saturated carbocycles. The Morgan fingerprint density at radius 2 is 2.03 bits per heavy atom. The Balaban J connectivity index is 1.38. The van der Waals surface area contributed by atoms with Gasteiger partial charge in [-0.1, -0.05) is 30.0 Å². The maximum absolute atomic E-state index is 12.5. The Labute approximate surface area is 182 Å². The molecule has 1 fully saturated rings. The van der Waals surface area contributed by atoms with Gasteiger partial charge in [0.05, 0.1) is 21.6 Å². The molecule has 2 heterocycles. The Hall–Kier alpha value is -2.21. The van der Waals surface area contributed by atoms with Gasteiger partial charge in [0.15, 0.2) is 11.0 Å². The molecule has 0 spiro atoms. The average Bonchev–Trinajstić information content (AvgIpc) is 3.23. The average molecular weight is 464 g/mol. The number of amides is 1. The molecule has 8 nitrogen and oxygen atoms in total. The second-order valence-electron chi connectivity index (χ2n) is 7.08. The molecule has 30 heavy (non-hydrogen) atoms. The topological polar surface area (TPSA) is 120 Å². The minimum Gasteiger partial charge on any atom is -0.349 e. The molecule has 2 aromatic heterocycles. The van der Waals surface area contributed by atoms with E-state index in [1.54, 1.807) is 23.5 Å². The largest absolute Gasteiger partial charge is 0.349 e. The second-order valence-corrected chi connectivity index (χ2v) is 10.5. The van der Waals surface area contributed by atoms with E-state index in [1.807, 2.05) is 24.4 Å². The van der Waals surface area contributed by atoms with Gasteiger partial charge in [-0.25, -0.2) is 13.6 Å². The lowest BCUT2D eigenvalue weighted by Gasteiger charge is -2.15. The van der Waals surface area contributed by atoms with Crippen LogP contribution in [-0.4, -0.2) is 34.8 Å². The van der Waals surface area contributed by atoms with Crippen molar-refractivity contribution in [1.82, 2.24) is 20.1 Å². The maximum atomic E-state index is 12.5. The molecular formula is C19H21N5O3S3. The van der Waals surface area contributed by atoms with Crippen LogP contribution in [0.5, 0.6) is 0 Å². The van der Waals surface area contributed by atoms with Crippen molar-refractivity contribution >= 4 is 39.0 Å². The Morgan fingerprint density at radius 1 is 1.30 bits per heavy atom. The van der Waals surface area contributed by atoms with Gasteiger partial charge in [0, 0.05) is 6.04 Å². The fourth-order valence-electron chi connectivity index (χ4n) is 3.05. The third kappa shape index (κ3) is 4.75. The zero-order valence-electron chi connectivity index (χ0n) is 16.2. The third-order valence-corrected chi connectivity index (χ3v) is 7.47. The predicted octanol–water partition coefficient (Wildman–Crippen LogP) is 2.96. The molecule has 1 aliphatic rings. The van der Waals surface area contributed by atoms with Gasteiger partial charge in [0.1, 0.15) is 0 Å². The number of benzene rings is 1. The van der Waals surface area contributed by atoms with Crippen LogP contribution in [0, 0.1) is 0 Å². The number of primary sulfonamides is 1. The van der Waals surface area contributed by atoms with Crippen molar-refractivity contribution in [1.29, 1.82) is 0 Å². The van der Waals surface area contributed by atoms with E-state index in [2.05, 4.69) is 20.1 Å². The highest BCUT2D eigenvalue weighted by Crippen LogP contribution is 2.41. The van der Waals surface area contributed by atoms with Gasteiger partial charge in [-0.3, -0.25) is 9.36 Å². The van der Waals surface area contributed by atoms with Gasteiger partial charge in [0.2, 0.25) is 15.9 Å². The molecule has 1 amide bonds. The van der Waals surface area contributed by atoms with Crippen molar-refractivity contribution in [3.63, 3.8) is 0 Å². The summed E-state index contributed by atoms with van der Waals surface area (Å²) in [7, 11) is -3.73. The molecule has 0 unspecified atom stereocenters. The summed E-state index contributed by atoms with van der Waals surface area (Å²) in [6, 6.07) is 10.3. The number of thiophene rings is 1. The fraction of sp³-hybridized carbons (Fsp3) is 0.316. The second kappa shape index (κ2) is 8.50. The monoisotopic (exact) mass is 463 g/mol. The van der Waals surface area contributed by atoms with Crippen LogP contribution in [0.25, 0.3) is 10.7 Å². The summed E-state index contributed by atoms with van der Waals surface area (Å²) in [4.78, 5) is 13.6. The van der Waals surface area contributed by atoms with Gasteiger partial charge >= 0.3 is 0 Å². The van der Waals surface area contributed by atoms with Crippen molar-refractivity contribution in [2.75, 3.05) is 5.75 Å². The maximum Gasteiger partial charge on any atom is 0.238 e. The number of rotatable bonds is 8. The summed E-state index contributed by atoms with van der Waals surface area (Å²) in [6.45, 7) is 1.84. The van der Waals surface area contributed by atoms with Crippen LogP contribution in [0.3, 0.4) is 0 Å². The van der Waals surface area contributed by atoms with Crippen LogP contribution >= 0.6 is 23.1 Å². The fourth-order valence-corrected chi connectivity index (χ4v) is 5.09. The minimum atomic E-state index is -3.73. The molecular weight excluding hydrogens is 442 g/mol. The van der Waals surface area contributed by atoms with Gasteiger partial charge in [0.25, 0.3) is 0 Å². The van der Waals surface area contributed by atoms with Crippen molar-refractivity contribution in [3.8, 4) is 10.7 Å². The van der Waals surface area contributed by atoms with Gasteiger partial charge in [-0.15, -0.1) is 21.5 Å². The lowest BCUT2D eigenvalue weighted by atomic mass is 10.1. The third-order valence-electron chi connectivity index (χ3n) is 4.74. The zero-order chi connectivity index (χ0) is 21.3. The molecule has 158 valence electrons. The number of aromatic nitrogens is 3. The molecule has 1 atom stereocenters. The van der Waals surface area contributed by atoms with E-state index < -0.39 is 10.0 Å². The van der Waals surface area contributed by atoms with Gasteiger partial charge in [-0.2, -0.15) is 0 Å². The van der Waals surface area contributed by atoms with Crippen LogP contribution in [-0.2, 0) is 14.8 Å². The molecule has 0 saturated heterocycles. The van der Waals surface area contributed by atoms with E-state index >= 15 is 0 Å². The van der Waals surface area contributed by atoms with Crippen LogP contribution in [0.15, 0.2) is 51.8 Å². The van der Waals surface area contributed by atoms with Crippen molar-refractivity contribution < 1.29 is 13.2 Å². The van der Waals surface area contributed by atoms with Crippen molar-refractivity contribution in [2.45, 2.75) is 41.9 Å². The highest BCUT2D eigenvalue weighted by atomic mass is 32.2. The van der Waals surface area contributed by atoms with E-state index in [0.29, 0.717) is 6.04 Å². The molecule has 1 aliphatic carbocycles. The first kappa shape index (κ1) is 21.0. The van der Waals surface area contributed by atoms with Crippen molar-refractivity contribution in [2.24, 2.45) is 5.14 Å². The molecule has 0 bridgehead atoms. The minimum absolute atomic E-state index is 0.0429. The number of sulfonamides is 1. The molecule has 3 aromatic rings. The van der Waals surface area contributed by atoms with E-state index in [4.69, 9.17) is 5.14 Å². The number of carbonyl (C=O) groups is 1. The summed E-state index contributed by atoms with van der Waals surface area (Å²) in [5.74, 6) is 0.944. The summed E-state index contributed by atoms with van der Waals surface area (Å²) >= 11 is 2.99. The van der Waals surface area contributed by atoms with Crippen LogP contribution in [0.1, 0.15) is 37.4 Å². The normalized spacial score (nSPS) is 15.1. The van der Waals surface area contributed by atoms with Gasteiger partial charge < -0.3 is 5.32 Å². The molecule has 0 radical (unpaired) electrons. The molecule has 11 heteroatoms. The Kier molecular flexibility index (Phi) is 5.96. The van der Waals surface area contributed by atoms with Crippen LogP contribution in [0.4, 0.5) is 0 Å². The molecule has 3 N–H and O–H groups in total. The lowest BCUT2D eigenvalue weighted by molar-refractivity contribution is -0.119. The Morgan fingerprint density at radius 3 is 2.63 bits per heavy atom. The first-order valence-corrected chi connectivity index (χ1v) is 12.8. The summed E-state index contributed by atoms with van der Waals surface area (Å²) in [5.41, 5.74) is 0.793. The first-order valence-electron chi connectivity index (χ1n) is 9.36. The zero-order valence-corrected chi connectivity index (χ0v) is 18.6. The van der Waals surface area contributed by atoms with Crippen molar-refractivity contribution in [3.05, 3.63) is 47.3 Å². The quantitative estimate of drug-likeness (QED) is 0.496. The number of nitrogens with one attached hydrogen (secondary N) is 1. The highest BCUT2D eigenvalue weighted by Gasteiger charge is 2.30. The summed E-state index contributed by atoms with van der Waals surface area (Å²) in [5, 5.41) is 19.5. The van der Waals surface area contributed by atoms with E-state index in [-0.39, 0.29) is 22.6 Å². The molecule has 1 aromatic carbocycles. The highest BCUT2D eigenvalue weighted by molar-refractivity contribution is 7.99. The van der Waals surface area contributed by atoms with Gasteiger partial charge in [-0.05, 0) is 48.9 Å². The van der Waals surface area contributed by atoms with E-state index in [0.717, 1.165) is 34.3 Å².